The summed E-state index contributed by atoms with van der Waals surface area (Å²) in [7, 11) is 0. The Balaban J connectivity index is 1.83. The number of aryl methyl sites for hydroxylation is 1. The molecule has 2 unspecified atom stereocenters. The molecule has 2 aliphatic rings. The molecule has 0 amide bonds. The van der Waals surface area contributed by atoms with Crippen LogP contribution in [0.15, 0.2) is 23.1 Å². The van der Waals surface area contributed by atoms with Crippen LogP contribution in [-0.2, 0) is 6.42 Å². The highest BCUT2D eigenvalue weighted by atomic mass is 32.1. The van der Waals surface area contributed by atoms with Gasteiger partial charge < -0.3 is 5.73 Å². The minimum absolute atomic E-state index is 0.281. The lowest BCUT2D eigenvalue weighted by molar-refractivity contribution is 0.483. The van der Waals surface area contributed by atoms with E-state index in [9.17, 15) is 0 Å². The van der Waals surface area contributed by atoms with Crippen molar-refractivity contribution in [3.8, 4) is 0 Å². The molecule has 0 fully saturated rings. The third-order valence-electron chi connectivity index (χ3n) is 4.29. The highest BCUT2D eigenvalue weighted by Gasteiger charge is 2.28. The zero-order chi connectivity index (χ0) is 11.7. The van der Waals surface area contributed by atoms with E-state index in [4.69, 9.17) is 5.73 Å². The van der Waals surface area contributed by atoms with Crippen molar-refractivity contribution >= 4 is 11.3 Å². The zero-order valence-corrected chi connectivity index (χ0v) is 11.1. The normalized spacial score (nSPS) is 26.2. The van der Waals surface area contributed by atoms with Gasteiger partial charge in [-0.2, -0.15) is 0 Å². The van der Waals surface area contributed by atoms with E-state index in [-0.39, 0.29) is 6.04 Å². The minimum Gasteiger partial charge on any atom is -0.324 e. The van der Waals surface area contributed by atoms with Crippen LogP contribution in [0.3, 0.4) is 0 Å². The van der Waals surface area contributed by atoms with Crippen LogP contribution < -0.4 is 5.73 Å². The summed E-state index contributed by atoms with van der Waals surface area (Å²) < 4.78 is 0. The summed E-state index contributed by atoms with van der Waals surface area (Å²) in [6.45, 7) is 0. The zero-order valence-electron chi connectivity index (χ0n) is 10.3. The molecule has 2 heteroatoms. The summed E-state index contributed by atoms with van der Waals surface area (Å²) in [4.78, 5) is 1.59. The predicted molar refractivity (Wildman–Crippen MR) is 74.5 cm³/mol. The monoisotopic (exact) mass is 247 g/mol. The Morgan fingerprint density at radius 1 is 1.24 bits per heavy atom. The van der Waals surface area contributed by atoms with Crippen molar-refractivity contribution in [3.63, 3.8) is 0 Å². The van der Waals surface area contributed by atoms with E-state index in [1.807, 2.05) is 11.3 Å². The van der Waals surface area contributed by atoms with Gasteiger partial charge in [-0.25, -0.2) is 0 Å². The summed E-state index contributed by atoms with van der Waals surface area (Å²) in [6, 6.07) is 2.59. The van der Waals surface area contributed by atoms with Gasteiger partial charge in [0.25, 0.3) is 0 Å². The van der Waals surface area contributed by atoms with E-state index in [1.54, 1.807) is 10.4 Å². The number of thiophene rings is 1. The maximum Gasteiger partial charge on any atom is 0.0323 e. The largest absolute Gasteiger partial charge is 0.324 e. The fraction of sp³-hybridized carbons (Fsp3) is 0.600. The van der Waals surface area contributed by atoms with E-state index in [0.29, 0.717) is 5.92 Å². The number of nitrogens with two attached hydrogens (primary N) is 1. The molecule has 2 aliphatic carbocycles. The van der Waals surface area contributed by atoms with Crippen LogP contribution in [0.4, 0.5) is 0 Å². The van der Waals surface area contributed by atoms with Crippen molar-refractivity contribution in [3.05, 3.63) is 33.5 Å². The van der Waals surface area contributed by atoms with Crippen LogP contribution in [0, 0.1) is 0 Å². The molecule has 0 saturated heterocycles. The van der Waals surface area contributed by atoms with Crippen LogP contribution in [0.2, 0.25) is 0 Å². The molecule has 0 bridgehead atoms. The number of rotatable bonds is 2. The Morgan fingerprint density at radius 2 is 2.18 bits per heavy atom. The molecule has 1 nitrogen and oxygen atoms in total. The molecule has 92 valence electrons. The molecule has 3 rings (SSSR count). The quantitative estimate of drug-likeness (QED) is 0.786. The van der Waals surface area contributed by atoms with Crippen molar-refractivity contribution < 1.29 is 0 Å². The third kappa shape index (κ3) is 2.21. The standard InChI is InChI=1S/C15H21NS/c16-15(11-5-2-1-3-6-11)13-7-4-8-14-12(13)9-10-17-14/h5,9-10,13,15H,1-4,6-8,16H2. The van der Waals surface area contributed by atoms with Gasteiger partial charge >= 0.3 is 0 Å². The van der Waals surface area contributed by atoms with Crippen molar-refractivity contribution in [2.45, 2.75) is 56.9 Å². The Kier molecular flexibility index (Phi) is 3.34. The lowest BCUT2D eigenvalue weighted by Crippen LogP contribution is -2.33. The summed E-state index contributed by atoms with van der Waals surface area (Å²) in [5.74, 6) is 0.592. The van der Waals surface area contributed by atoms with Crippen LogP contribution in [0.5, 0.6) is 0 Å². The van der Waals surface area contributed by atoms with Crippen LogP contribution in [-0.4, -0.2) is 6.04 Å². The molecule has 0 spiro atoms. The third-order valence-corrected chi connectivity index (χ3v) is 5.28. The van der Waals surface area contributed by atoms with Crippen LogP contribution in [0.1, 0.15) is 54.9 Å². The summed E-state index contributed by atoms with van der Waals surface area (Å²) in [5.41, 5.74) is 9.62. The van der Waals surface area contributed by atoms with Gasteiger partial charge in [0.05, 0.1) is 0 Å². The number of hydrogen-bond donors (Lipinski definition) is 1. The van der Waals surface area contributed by atoms with Crippen molar-refractivity contribution in [2.75, 3.05) is 0 Å². The molecule has 1 aromatic heterocycles. The molecular weight excluding hydrogens is 226 g/mol. The SMILES string of the molecule is NC(C1=CCCCC1)C1CCCc2sccc21. The van der Waals surface area contributed by atoms with E-state index in [1.165, 1.54) is 50.5 Å². The number of fused-ring (bicyclic) bond motifs is 1. The van der Waals surface area contributed by atoms with E-state index in [2.05, 4.69) is 17.5 Å². The number of hydrogen-bond acceptors (Lipinski definition) is 2. The first-order valence-corrected chi connectivity index (χ1v) is 7.75. The lowest BCUT2D eigenvalue weighted by Gasteiger charge is -2.31. The van der Waals surface area contributed by atoms with Crippen molar-refractivity contribution in [2.24, 2.45) is 5.73 Å². The second-order valence-electron chi connectivity index (χ2n) is 5.35. The Hall–Kier alpha value is -0.600. The number of allylic oxidation sites excluding steroid dienone is 1. The maximum atomic E-state index is 6.53. The van der Waals surface area contributed by atoms with Gasteiger partial charge in [-0.05, 0) is 62.0 Å². The molecule has 0 radical (unpaired) electrons. The Bertz CT molecular complexity index is 418. The molecule has 1 aromatic rings. The fourth-order valence-corrected chi connectivity index (χ4v) is 4.32. The summed E-state index contributed by atoms with van der Waals surface area (Å²) in [6.07, 6.45) is 11.4. The first-order valence-electron chi connectivity index (χ1n) is 6.87. The second kappa shape index (κ2) is 4.95. The van der Waals surface area contributed by atoms with E-state index >= 15 is 0 Å². The van der Waals surface area contributed by atoms with Crippen molar-refractivity contribution in [1.82, 2.24) is 0 Å². The summed E-state index contributed by atoms with van der Waals surface area (Å²) in [5, 5.41) is 2.24. The Labute approximate surface area is 108 Å². The molecular formula is C15H21NS. The average Bonchev–Trinajstić information content (AvgIpc) is 2.87. The second-order valence-corrected chi connectivity index (χ2v) is 6.35. The predicted octanol–water partition coefficient (Wildman–Crippen LogP) is 4.00. The van der Waals surface area contributed by atoms with Gasteiger partial charge in [0.1, 0.15) is 0 Å². The van der Waals surface area contributed by atoms with Crippen LogP contribution >= 0.6 is 11.3 Å². The van der Waals surface area contributed by atoms with E-state index < -0.39 is 0 Å². The van der Waals surface area contributed by atoms with Crippen LogP contribution in [0.25, 0.3) is 0 Å². The van der Waals surface area contributed by atoms with Gasteiger partial charge in [-0.15, -0.1) is 11.3 Å². The lowest BCUT2D eigenvalue weighted by atomic mass is 9.78. The van der Waals surface area contributed by atoms with Gasteiger partial charge in [0, 0.05) is 16.8 Å². The van der Waals surface area contributed by atoms with Gasteiger partial charge in [0.15, 0.2) is 0 Å². The maximum absolute atomic E-state index is 6.53. The molecule has 0 saturated carbocycles. The molecule has 1 heterocycles. The Morgan fingerprint density at radius 3 is 3.00 bits per heavy atom. The van der Waals surface area contributed by atoms with Crippen molar-refractivity contribution in [1.29, 1.82) is 0 Å². The molecule has 17 heavy (non-hydrogen) atoms. The highest BCUT2D eigenvalue weighted by molar-refractivity contribution is 7.10. The molecule has 2 N–H and O–H groups in total. The first-order chi connectivity index (χ1) is 8.36. The van der Waals surface area contributed by atoms with E-state index in [0.717, 1.165) is 0 Å². The summed E-state index contributed by atoms with van der Waals surface area (Å²) >= 11 is 1.92. The first kappa shape index (κ1) is 11.5. The fourth-order valence-electron chi connectivity index (χ4n) is 3.32. The topological polar surface area (TPSA) is 26.0 Å². The average molecular weight is 247 g/mol. The smallest absolute Gasteiger partial charge is 0.0323 e. The van der Waals surface area contributed by atoms with Gasteiger partial charge in [-0.1, -0.05) is 11.6 Å². The van der Waals surface area contributed by atoms with Gasteiger partial charge in [-0.3, -0.25) is 0 Å². The molecule has 0 aromatic carbocycles. The van der Waals surface area contributed by atoms with Gasteiger partial charge in [0.2, 0.25) is 0 Å². The highest BCUT2D eigenvalue weighted by Crippen LogP contribution is 2.39. The minimum atomic E-state index is 0.281. The molecule has 0 aliphatic heterocycles. The molecule has 2 atom stereocenters.